The van der Waals surface area contributed by atoms with Crippen molar-refractivity contribution >= 4 is 82.8 Å². The molecule has 14 N–H and O–H groups in total. The van der Waals surface area contributed by atoms with Gasteiger partial charge in [0.2, 0.25) is 17.7 Å². The van der Waals surface area contributed by atoms with Crippen LogP contribution in [0.5, 0.6) is 0 Å². The van der Waals surface area contributed by atoms with Crippen molar-refractivity contribution in [1.82, 2.24) is 43.6 Å². The predicted octanol–water partition coefficient (Wildman–Crippen LogP) is -2.63. The molecule has 5 aromatic heterocycles. The summed E-state index contributed by atoms with van der Waals surface area (Å²) in [4.78, 5) is 96.6. The minimum Gasteiger partial charge on any atom is -0.756 e. The highest BCUT2D eigenvalue weighted by molar-refractivity contribution is 7.64. The van der Waals surface area contributed by atoms with Gasteiger partial charge < -0.3 is 89.3 Å². The Labute approximate surface area is 455 Å². The Morgan fingerprint density at radius 2 is 1.47 bits per heavy atom. The summed E-state index contributed by atoms with van der Waals surface area (Å²) in [6.45, 7) is -1.17. The number of aliphatic hydroxyl groups is 3. The molecule has 3 fully saturated rings. The van der Waals surface area contributed by atoms with Gasteiger partial charge in [-0.1, -0.05) is 11.9 Å². The van der Waals surface area contributed by atoms with Crippen LogP contribution in [0.25, 0.3) is 28.0 Å². The van der Waals surface area contributed by atoms with E-state index >= 15 is 0 Å². The predicted molar refractivity (Wildman–Crippen MR) is 271 cm³/mol. The van der Waals surface area contributed by atoms with E-state index in [-0.39, 0.29) is 52.3 Å². The van der Waals surface area contributed by atoms with Gasteiger partial charge in [0.25, 0.3) is 24.9 Å². The van der Waals surface area contributed by atoms with Gasteiger partial charge in [-0.05, 0) is 12.0 Å². The van der Waals surface area contributed by atoms with Gasteiger partial charge in [0.05, 0.1) is 70.3 Å². The second kappa shape index (κ2) is 23.5. The maximum absolute atomic E-state index is 13.7. The van der Waals surface area contributed by atoms with E-state index in [1.807, 2.05) is 6.92 Å². The first-order valence-corrected chi connectivity index (χ1v) is 30.8. The lowest BCUT2D eigenvalue weighted by atomic mass is 9.99. The monoisotopic (exact) mass is 1230 g/mol. The van der Waals surface area contributed by atoms with E-state index < -0.39 is 148 Å². The van der Waals surface area contributed by atoms with Crippen LogP contribution in [0.15, 0.2) is 39.1 Å². The van der Waals surface area contributed by atoms with Gasteiger partial charge in [0, 0.05) is 32.8 Å². The number of aromatic amines is 2. The number of aryl methyl sites for hydroxylation is 1. The summed E-state index contributed by atoms with van der Waals surface area (Å²) in [5.41, 5.74) is 17.7. The molecule has 3 saturated heterocycles. The Hall–Kier alpha value is -5.04. The number of imidazole rings is 3. The van der Waals surface area contributed by atoms with Crippen LogP contribution in [0.2, 0.25) is 0 Å². The maximum atomic E-state index is 13.7. The number of ether oxygens (including phenoxy) is 5. The van der Waals surface area contributed by atoms with Gasteiger partial charge in [-0.25, -0.2) is 28.4 Å². The van der Waals surface area contributed by atoms with Crippen LogP contribution in [-0.4, -0.2) is 182 Å². The first-order valence-electron chi connectivity index (χ1n) is 24.3. The highest BCUT2D eigenvalue weighted by Gasteiger charge is 2.52. The average molecular weight is 1230 g/mol. The van der Waals surface area contributed by atoms with Gasteiger partial charge in [0.1, 0.15) is 48.4 Å². The topological polar surface area (TPSA) is 531 Å². The second-order valence-electron chi connectivity index (χ2n) is 18.9. The first-order chi connectivity index (χ1) is 38.2. The van der Waals surface area contributed by atoms with Gasteiger partial charge in [-0.2, -0.15) is 4.98 Å². The number of methoxy groups -OCH3 is 2. The first kappa shape index (κ1) is 60.5. The van der Waals surface area contributed by atoms with Gasteiger partial charge in [-0.15, -0.1) is 0 Å². The molecule has 41 heteroatoms. The molecule has 0 bridgehead atoms. The smallest absolute Gasteiger partial charge is 0.479 e. The van der Waals surface area contributed by atoms with Gasteiger partial charge in [-0.3, -0.25) is 51.5 Å². The fourth-order valence-corrected chi connectivity index (χ4v) is 15.3. The van der Waals surface area contributed by atoms with Crippen molar-refractivity contribution in [3.8, 4) is 0 Å². The van der Waals surface area contributed by atoms with Crippen LogP contribution < -0.4 is 37.8 Å². The number of fused-ring (bicyclic) bond motifs is 3. The molecule has 4 aliphatic heterocycles. The summed E-state index contributed by atoms with van der Waals surface area (Å²) < 4.78 is 113. The molecule has 4 unspecified atom stereocenters. The molecular weight excluding hydrogens is 1170 g/mol. The molecule has 0 amide bonds. The third-order valence-corrected chi connectivity index (χ3v) is 19.4. The number of anilines is 2. The fraction of sp³-hybridized carbons (Fsp3) is 0.600. The number of phosphoric acid groups is 2. The number of allylic oxidation sites excluding steroid dienone is 1. The zero-order valence-electron chi connectivity index (χ0n) is 43.1. The Morgan fingerprint density at radius 3 is 2.19 bits per heavy atom. The highest BCUT2D eigenvalue weighted by Crippen LogP contribution is 2.62. The third-order valence-electron chi connectivity index (χ3n) is 13.6. The summed E-state index contributed by atoms with van der Waals surface area (Å²) in [5.74, 6) is -1.37. The Kier molecular flexibility index (Phi) is 17.6. The van der Waals surface area contributed by atoms with Crippen LogP contribution in [0.3, 0.4) is 0 Å². The van der Waals surface area contributed by atoms with Crippen molar-refractivity contribution in [2.45, 2.75) is 87.3 Å². The molecule has 4 aliphatic rings. The molecule has 9 rings (SSSR count). The minimum atomic E-state index is -5.63. The number of aliphatic hydroxyl groups excluding tert-OH is 3. The van der Waals surface area contributed by atoms with Crippen molar-refractivity contribution in [2.75, 3.05) is 64.4 Å². The Balaban J connectivity index is 0.864. The van der Waals surface area contributed by atoms with Crippen molar-refractivity contribution in [3.63, 3.8) is 0 Å². The van der Waals surface area contributed by atoms with Crippen LogP contribution in [-0.2, 0) is 71.4 Å². The summed E-state index contributed by atoms with van der Waals surface area (Å²) >= 11 is 0. The lowest BCUT2D eigenvalue weighted by molar-refractivity contribution is -0.745. The van der Waals surface area contributed by atoms with E-state index in [1.165, 1.54) is 40.5 Å². The summed E-state index contributed by atoms with van der Waals surface area (Å²) in [6.07, 6.45) is -13.3. The molecule has 81 heavy (non-hydrogen) atoms. The summed E-state index contributed by atoms with van der Waals surface area (Å²) in [7, 11) is -17.6. The van der Waals surface area contributed by atoms with Crippen LogP contribution in [0.4, 0.5) is 17.7 Å². The van der Waals surface area contributed by atoms with Crippen molar-refractivity contribution in [3.05, 3.63) is 51.0 Å². The van der Waals surface area contributed by atoms with Gasteiger partial charge >= 0.3 is 28.7 Å². The fourth-order valence-electron chi connectivity index (χ4n) is 9.67. The highest BCUT2D eigenvalue weighted by atomic mass is 31.3. The van der Waals surface area contributed by atoms with Crippen LogP contribution in [0, 0.1) is 5.92 Å². The lowest BCUT2D eigenvalue weighted by Gasteiger charge is -2.31. The van der Waals surface area contributed by atoms with E-state index in [1.54, 1.807) is 6.21 Å². The number of hydrogen-bond donors (Lipinski definition) is 11. The Morgan fingerprint density at radius 1 is 0.802 bits per heavy atom. The molecule has 446 valence electrons. The largest absolute Gasteiger partial charge is 0.756 e. The SMILES string of the molecule is CCC1=C(N)c2ncn([C@@H]3O[C@H](COP(=O)(O)CCP(=O)(O)OP(=O)(O)OC[C@H]4O[C@@H]([n+]5cn(C)c6c(=O)[nH]c(N)nc65)[C@H](O)[C@@H]4COC)[C@@H](OP(=O)([O-])OC[C@H]4O[C@@H](n5cnc6c(=O)[nH]c(N)nc65)[C@H](O)[C@@H]4O)[C@H]3OC)c2N=CC1. The summed E-state index contributed by atoms with van der Waals surface area (Å²) in [6, 6.07) is 0. The molecule has 0 radical (unpaired) electrons. The molecule has 16 atom stereocenters. The van der Waals surface area contributed by atoms with Crippen molar-refractivity contribution in [2.24, 2.45) is 23.7 Å². The standard InChI is InChI=1S/C40H58N14O23P4/c1-5-17-6-7-44-31-23(22(17)41)45-14-52(31)38-30(69-4)29(76-80(64,65)71-12-20-27(56)28(57)37(74-20)53-15-46-24-32(53)47-39(42)49-34(24)58)21(75-38)13-70-78(60,61)8-9-79(62,63)77-81(66,67)72-11-19-18(10-68-3)26(55)36(73-19)54-16-51(2)25-33(54)48-40(43)50-35(25)59/h7,14-16,18-21,26-30,36-38,55-57H,5-6,8-13,41H2,1-4H3,(H9-,42,43,47,48,49,50,58,59,60,61,62,63,64,65,66,67)/t18-,19-,20-,21-,26-,27-,28-,29-,30-,36-,37-,38-/m1/s1. The number of nitrogens with one attached hydrogen (secondary N) is 2. The average Bonchev–Trinajstić information content (AvgIpc) is 3.57. The zero-order chi connectivity index (χ0) is 58.7. The van der Waals surface area contributed by atoms with Crippen LogP contribution >= 0.6 is 30.8 Å². The number of aromatic nitrogens is 10. The number of aliphatic imine (C=N–C) groups is 1. The molecular formula is C40H58N14O23P4. The number of phosphoric ester groups is 2. The Bertz CT molecular complexity index is 3550. The third kappa shape index (κ3) is 12.6. The number of H-pyrrole nitrogens is 2. The maximum Gasteiger partial charge on any atom is 0.479 e. The number of nitrogens with two attached hydrogens (primary N) is 3. The molecule has 5 aromatic rings. The quantitative estimate of drug-likeness (QED) is 0.0235. The number of nitrogen functional groups attached to an aromatic ring is 2. The van der Waals surface area contributed by atoms with E-state index in [0.29, 0.717) is 18.5 Å². The van der Waals surface area contributed by atoms with E-state index in [0.717, 1.165) is 23.6 Å². The summed E-state index contributed by atoms with van der Waals surface area (Å²) in [5, 5.41) is 33.2. The minimum absolute atomic E-state index is 0.0146. The number of rotatable bonds is 23. The molecule has 0 aliphatic carbocycles. The van der Waals surface area contributed by atoms with Crippen molar-refractivity contribution < 1.29 is 104 Å². The van der Waals surface area contributed by atoms with Crippen molar-refractivity contribution in [1.29, 1.82) is 0 Å². The molecule has 0 saturated carbocycles. The van der Waals surface area contributed by atoms with Gasteiger partial charge in [0.15, 0.2) is 35.8 Å². The second-order valence-corrected chi connectivity index (χ2v) is 25.8. The zero-order valence-corrected chi connectivity index (χ0v) is 46.6. The number of hydrogen-bond acceptors (Lipinski definition) is 28. The number of nitrogens with zero attached hydrogens (tertiary/aromatic N) is 9. The molecule has 37 nitrogen and oxygen atoms in total. The van der Waals surface area contributed by atoms with Crippen LogP contribution in [0.1, 0.15) is 44.1 Å². The molecule has 9 heterocycles. The normalized spacial score (nSPS) is 29.9. The molecule has 0 spiro atoms. The van der Waals surface area contributed by atoms with E-state index in [2.05, 4.69) is 39.2 Å². The van der Waals surface area contributed by atoms with E-state index in [9.17, 15) is 62.7 Å². The molecule has 0 aromatic carbocycles. The lowest BCUT2D eigenvalue weighted by Crippen LogP contribution is -2.45. The van der Waals surface area contributed by atoms with E-state index in [4.69, 9.17) is 59.0 Å².